The first-order chi connectivity index (χ1) is 8.16. The van der Waals surface area contributed by atoms with Crippen molar-refractivity contribution >= 4 is 35.7 Å². The number of primary amides is 1. The molecule has 0 aliphatic rings. The molecule has 0 aliphatic carbocycles. The molecule has 4 nitrogen and oxygen atoms in total. The van der Waals surface area contributed by atoms with Crippen LogP contribution < -0.4 is 5.73 Å². The first-order valence-corrected chi connectivity index (χ1v) is 6.90. The minimum atomic E-state index is -0.750. The molecule has 2 N–H and O–H groups in total. The van der Waals surface area contributed by atoms with Crippen LogP contribution >= 0.6 is 0 Å². The molecule has 0 rings (SSSR count). The van der Waals surface area contributed by atoms with E-state index in [2.05, 4.69) is 46.1 Å². The fourth-order valence-corrected chi connectivity index (χ4v) is 1.31. The molecule has 0 aromatic rings. The van der Waals surface area contributed by atoms with Gasteiger partial charge in [-0.1, -0.05) is 27.7 Å². The maximum Gasteiger partial charge on any atom is 2.00 e. The molecule has 0 saturated carbocycles. The molecule has 0 aromatic heterocycles. The van der Waals surface area contributed by atoms with E-state index in [0.717, 1.165) is 25.9 Å². The molecule has 0 radical (unpaired) electrons. The van der Waals surface area contributed by atoms with Crippen molar-refractivity contribution < 1.29 is 29.1 Å². The Morgan fingerprint density at radius 3 is 1.42 bits per heavy atom. The van der Waals surface area contributed by atoms with Crippen LogP contribution in [0.15, 0.2) is 0 Å². The van der Waals surface area contributed by atoms with Gasteiger partial charge in [0.15, 0.2) is 0 Å². The number of hydrogen-bond donors (Lipinski definition) is 1. The van der Waals surface area contributed by atoms with Crippen LogP contribution in [0.4, 0.5) is 9.59 Å². The SMILES string of the molecule is CC(C)CCN(CCC(C)C)C(=O)[S-].NC(=O)[S-].[Zn+2]. The molecular formula is C12H24N2O2S2Zn. The second-order valence-electron chi connectivity index (χ2n) is 4.94. The van der Waals surface area contributed by atoms with E-state index >= 15 is 0 Å². The van der Waals surface area contributed by atoms with Gasteiger partial charge in [-0.05, 0) is 24.7 Å². The number of carbonyl (C=O) groups is 2. The first-order valence-electron chi connectivity index (χ1n) is 6.09. The Balaban J connectivity index is -0.000000448. The fraction of sp³-hybridized carbons (Fsp3) is 0.833. The van der Waals surface area contributed by atoms with Gasteiger partial charge in [0.05, 0.1) is 5.24 Å². The number of nitrogens with zero attached hydrogens (tertiary/aromatic N) is 1. The van der Waals surface area contributed by atoms with E-state index in [-0.39, 0.29) is 24.7 Å². The van der Waals surface area contributed by atoms with Crippen molar-refractivity contribution in [1.82, 2.24) is 4.90 Å². The number of carbonyl (C=O) groups excluding carboxylic acids is 2. The second-order valence-corrected chi connectivity index (χ2v) is 5.69. The van der Waals surface area contributed by atoms with Crippen LogP contribution in [0.5, 0.6) is 0 Å². The van der Waals surface area contributed by atoms with E-state index in [9.17, 15) is 4.79 Å². The van der Waals surface area contributed by atoms with Crippen LogP contribution in [-0.4, -0.2) is 28.5 Å². The normalized spacial score (nSPS) is 9.37. The van der Waals surface area contributed by atoms with Crippen LogP contribution in [-0.2, 0) is 44.7 Å². The topological polar surface area (TPSA) is 63.4 Å². The number of amides is 2. The van der Waals surface area contributed by atoms with Crippen molar-refractivity contribution in [3.8, 4) is 0 Å². The van der Waals surface area contributed by atoms with Crippen LogP contribution in [0.1, 0.15) is 40.5 Å². The summed E-state index contributed by atoms with van der Waals surface area (Å²) in [5.41, 5.74) is 4.29. The van der Waals surface area contributed by atoms with Crippen molar-refractivity contribution in [2.45, 2.75) is 40.5 Å². The summed E-state index contributed by atoms with van der Waals surface area (Å²) < 4.78 is 0. The maximum absolute atomic E-state index is 11.1. The van der Waals surface area contributed by atoms with Crippen molar-refractivity contribution in [2.75, 3.05) is 13.1 Å². The second kappa shape index (κ2) is 14.4. The van der Waals surface area contributed by atoms with E-state index in [1.54, 1.807) is 4.90 Å². The third-order valence-corrected chi connectivity index (χ3v) is 2.47. The summed E-state index contributed by atoms with van der Waals surface area (Å²) >= 11 is 8.45. The fourth-order valence-electron chi connectivity index (χ4n) is 1.12. The quantitative estimate of drug-likeness (QED) is 0.586. The Kier molecular flexibility index (Phi) is 18.2. The zero-order valence-corrected chi connectivity index (χ0v) is 16.9. The molecule has 0 aliphatic heterocycles. The van der Waals surface area contributed by atoms with Gasteiger partial charge < -0.3 is 45.5 Å². The molecule has 19 heavy (non-hydrogen) atoms. The van der Waals surface area contributed by atoms with Crippen molar-refractivity contribution in [3.05, 3.63) is 0 Å². The average molecular weight is 358 g/mol. The molecule has 0 bridgehead atoms. The smallest absolute Gasteiger partial charge is 0.719 e. The molecule has 0 heterocycles. The van der Waals surface area contributed by atoms with E-state index < -0.39 is 5.24 Å². The Morgan fingerprint density at radius 1 is 1.00 bits per heavy atom. The third kappa shape index (κ3) is 23.5. The monoisotopic (exact) mass is 356 g/mol. The molecule has 0 aromatic carbocycles. The van der Waals surface area contributed by atoms with Crippen LogP contribution in [0.2, 0.25) is 0 Å². The zero-order chi connectivity index (χ0) is 14.7. The summed E-state index contributed by atoms with van der Waals surface area (Å²) in [5.74, 6) is 1.26. The predicted molar refractivity (Wildman–Crippen MR) is 80.2 cm³/mol. The Hall–Kier alpha value is 0.00338. The minimum Gasteiger partial charge on any atom is -0.719 e. The van der Waals surface area contributed by atoms with Gasteiger partial charge in [0, 0.05) is 13.1 Å². The van der Waals surface area contributed by atoms with E-state index in [1.165, 1.54) is 0 Å². The molecule has 0 atom stereocenters. The summed E-state index contributed by atoms with van der Waals surface area (Å²) in [7, 11) is 0. The number of rotatable bonds is 6. The summed E-state index contributed by atoms with van der Waals surface area (Å²) in [5, 5.41) is -0.952. The Morgan fingerprint density at radius 2 is 1.26 bits per heavy atom. The van der Waals surface area contributed by atoms with Gasteiger partial charge in [0.1, 0.15) is 5.24 Å². The molecule has 0 fully saturated rings. The van der Waals surface area contributed by atoms with Gasteiger partial charge in [-0.15, -0.1) is 0 Å². The van der Waals surface area contributed by atoms with Gasteiger partial charge in [-0.2, -0.15) is 0 Å². The van der Waals surface area contributed by atoms with Crippen molar-refractivity contribution in [1.29, 1.82) is 0 Å². The van der Waals surface area contributed by atoms with Gasteiger partial charge in [0.2, 0.25) is 0 Å². The van der Waals surface area contributed by atoms with Gasteiger partial charge >= 0.3 is 19.5 Å². The van der Waals surface area contributed by atoms with Gasteiger partial charge in [-0.25, -0.2) is 0 Å². The zero-order valence-electron chi connectivity index (χ0n) is 12.3. The van der Waals surface area contributed by atoms with Gasteiger partial charge in [-0.3, -0.25) is 0 Å². The molecule has 7 heteroatoms. The van der Waals surface area contributed by atoms with Crippen LogP contribution in [0.3, 0.4) is 0 Å². The van der Waals surface area contributed by atoms with E-state index in [0.29, 0.717) is 11.8 Å². The molecule has 0 unspecified atom stereocenters. The third-order valence-electron chi connectivity index (χ3n) is 2.21. The summed E-state index contributed by atoms with van der Waals surface area (Å²) in [6, 6.07) is 0. The Labute approximate surface area is 140 Å². The molecule has 108 valence electrons. The van der Waals surface area contributed by atoms with Gasteiger partial charge in [0.25, 0.3) is 0 Å². The molecule has 0 saturated heterocycles. The van der Waals surface area contributed by atoms with Crippen molar-refractivity contribution in [2.24, 2.45) is 17.6 Å². The van der Waals surface area contributed by atoms with Crippen LogP contribution in [0, 0.1) is 11.8 Å². The standard InChI is InChI=1S/C11H23NOS.CH3NOS.Zn/c1-9(2)5-7-12(11(13)14)8-6-10(3)4;2-1(3)4;/h9-10H,5-8H2,1-4H3,(H,13,14);(H3,2,3,4);/q;;+2/p-2. The molecule has 0 spiro atoms. The summed E-state index contributed by atoms with van der Waals surface area (Å²) in [6.45, 7) is 10.3. The molecular weight excluding hydrogens is 334 g/mol. The average Bonchev–Trinajstić information content (AvgIpc) is 2.14. The minimum absolute atomic E-state index is 0. The molecule has 2 amide bonds. The first kappa shape index (κ1) is 24.1. The summed E-state index contributed by atoms with van der Waals surface area (Å²) in [4.78, 5) is 21.9. The number of nitrogens with two attached hydrogens (primary N) is 1. The van der Waals surface area contributed by atoms with E-state index in [4.69, 9.17) is 17.4 Å². The summed E-state index contributed by atoms with van der Waals surface area (Å²) in [6.07, 6.45) is 2.08. The predicted octanol–water partition coefficient (Wildman–Crippen LogP) is 2.66. The van der Waals surface area contributed by atoms with Crippen molar-refractivity contribution in [3.63, 3.8) is 0 Å². The largest absolute Gasteiger partial charge is 2.00 e. The van der Waals surface area contributed by atoms with Crippen LogP contribution in [0.25, 0.3) is 0 Å². The Bertz CT molecular complexity index is 236. The maximum atomic E-state index is 11.1. The van der Waals surface area contributed by atoms with E-state index in [1.807, 2.05) is 0 Å². The number of hydrogen-bond acceptors (Lipinski definition) is 4.